The highest BCUT2D eigenvalue weighted by Gasteiger charge is 2.37. The molecule has 8 heteroatoms. The molecular weight excluding hydrogens is 376 g/mol. The van der Waals surface area contributed by atoms with Gasteiger partial charge in [0.05, 0.1) is 29.3 Å². The van der Waals surface area contributed by atoms with E-state index >= 15 is 0 Å². The van der Waals surface area contributed by atoms with Gasteiger partial charge < -0.3 is 14.4 Å². The van der Waals surface area contributed by atoms with E-state index in [1.807, 2.05) is 13.8 Å². The SMILES string of the molecule is CCOC(=O)c1cccc(CN2C(=O)C(C(C)C)Oc3ccc([N+](=O)[O-])cc32)c1. The van der Waals surface area contributed by atoms with Crippen molar-refractivity contribution in [2.45, 2.75) is 33.4 Å². The zero-order valence-electron chi connectivity index (χ0n) is 16.5. The van der Waals surface area contributed by atoms with E-state index in [0.29, 0.717) is 22.6 Å². The molecule has 152 valence electrons. The van der Waals surface area contributed by atoms with Gasteiger partial charge >= 0.3 is 5.97 Å². The molecule has 1 atom stereocenters. The molecule has 2 aromatic rings. The highest BCUT2D eigenvalue weighted by Crippen LogP contribution is 2.39. The molecule has 0 N–H and O–H groups in total. The van der Waals surface area contributed by atoms with Crippen molar-refractivity contribution in [3.05, 3.63) is 63.7 Å². The Labute approximate surface area is 168 Å². The summed E-state index contributed by atoms with van der Waals surface area (Å²) in [5, 5.41) is 11.2. The number of non-ortho nitro benzene ring substituents is 1. The molecule has 0 saturated carbocycles. The third kappa shape index (κ3) is 4.21. The lowest BCUT2D eigenvalue weighted by Gasteiger charge is -2.36. The van der Waals surface area contributed by atoms with E-state index < -0.39 is 17.0 Å². The molecule has 3 rings (SSSR count). The number of hydrogen-bond donors (Lipinski definition) is 0. The van der Waals surface area contributed by atoms with E-state index in [9.17, 15) is 19.7 Å². The van der Waals surface area contributed by atoms with Crippen LogP contribution in [0, 0.1) is 16.0 Å². The molecule has 0 radical (unpaired) electrons. The van der Waals surface area contributed by atoms with Crippen LogP contribution in [0.4, 0.5) is 11.4 Å². The number of carbonyl (C=O) groups is 2. The van der Waals surface area contributed by atoms with Crippen molar-refractivity contribution in [1.29, 1.82) is 0 Å². The molecule has 0 aromatic heterocycles. The number of fused-ring (bicyclic) bond motifs is 1. The van der Waals surface area contributed by atoms with Crippen LogP contribution in [0.1, 0.15) is 36.7 Å². The maximum atomic E-state index is 13.1. The van der Waals surface area contributed by atoms with Gasteiger partial charge in [0, 0.05) is 12.1 Å². The number of nitro groups is 1. The van der Waals surface area contributed by atoms with Crippen LogP contribution in [-0.2, 0) is 16.1 Å². The van der Waals surface area contributed by atoms with Crippen LogP contribution in [0.15, 0.2) is 42.5 Å². The van der Waals surface area contributed by atoms with Crippen molar-refractivity contribution in [2.75, 3.05) is 11.5 Å². The van der Waals surface area contributed by atoms with Crippen molar-refractivity contribution >= 4 is 23.3 Å². The van der Waals surface area contributed by atoms with E-state index in [0.717, 1.165) is 0 Å². The number of nitrogens with zero attached hydrogens (tertiary/aromatic N) is 2. The van der Waals surface area contributed by atoms with Crippen LogP contribution < -0.4 is 9.64 Å². The minimum Gasteiger partial charge on any atom is -0.478 e. The molecular formula is C21H22N2O6. The van der Waals surface area contributed by atoms with Crippen molar-refractivity contribution in [3.8, 4) is 5.75 Å². The van der Waals surface area contributed by atoms with Gasteiger partial charge in [0.2, 0.25) is 0 Å². The molecule has 1 unspecified atom stereocenters. The molecule has 1 aliphatic heterocycles. The topological polar surface area (TPSA) is 99.0 Å². The Bertz CT molecular complexity index is 956. The number of anilines is 1. The summed E-state index contributed by atoms with van der Waals surface area (Å²) in [5.41, 5.74) is 1.28. The Kier molecular flexibility index (Phi) is 5.81. The smallest absolute Gasteiger partial charge is 0.338 e. The van der Waals surface area contributed by atoms with Crippen LogP contribution in [0.25, 0.3) is 0 Å². The van der Waals surface area contributed by atoms with Gasteiger partial charge in [-0.2, -0.15) is 0 Å². The first-order chi connectivity index (χ1) is 13.8. The Balaban J connectivity index is 2.00. The monoisotopic (exact) mass is 398 g/mol. The third-order valence-electron chi connectivity index (χ3n) is 4.59. The second-order valence-electron chi connectivity index (χ2n) is 7.04. The molecule has 0 spiro atoms. The highest BCUT2D eigenvalue weighted by atomic mass is 16.6. The maximum Gasteiger partial charge on any atom is 0.338 e. The van der Waals surface area contributed by atoms with Crippen LogP contribution in [0.3, 0.4) is 0 Å². The Morgan fingerprint density at radius 1 is 1.28 bits per heavy atom. The first-order valence-electron chi connectivity index (χ1n) is 9.34. The predicted octanol–water partition coefficient (Wildman–Crippen LogP) is 3.72. The summed E-state index contributed by atoms with van der Waals surface area (Å²) in [6.07, 6.45) is -0.697. The Hall–Kier alpha value is -3.42. The van der Waals surface area contributed by atoms with Crippen molar-refractivity contribution < 1.29 is 24.0 Å². The number of ether oxygens (including phenoxy) is 2. The van der Waals surface area contributed by atoms with Crippen LogP contribution in [-0.4, -0.2) is 29.5 Å². The molecule has 8 nitrogen and oxygen atoms in total. The fourth-order valence-corrected chi connectivity index (χ4v) is 3.17. The lowest BCUT2D eigenvalue weighted by atomic mass is 10.0. The lowest BCUT2D eigenvalue weighted by molar-refractivity contribution is -0.384. The van der Waals surface area contributed by atoms with Gasteiger partial charge in [0.1, 0.15) is 5.75 Å². The highest BCUT2D eigenvalue weighted by molar-refractivity contribution is 6.00. The number of amides is 1. The minimum absolute atomic E-state index is 0.0841. The number of esters is 1. The van der Waals surface area contributed by atoms with Gasteiger partial charge in [0.25, 0.3) is 11.6 Å². The second-order valence-corrected chi connectivity index (χ2v) is 7.04. The zero-order chi connectivity index (χ0) is 21.1. The summed E-state index contributed by atoms with van der Waals surface area (Å²) < 4.78 is 10.8. The van der Waals surface area contributed by atoms with E-state index in [1.165, 1.54) is 23.1 Å². The largest absolute Gasteiger partial charge is 0.478 e. The summed E-state index contributed by atoms with van der Waals surface area (Å²) in [5.74, 6) is -0.400. The van der Waals surface area contributed by atoms with E-state index in [2.05, 4.69) is 0 Å². The van der Waals surface area contributed by atoms with Gasteiger partial charge in [-0.25, -0.2) is 4.79 Å². The first-order valence-corrected chi connectivity index (χ1v) is 9.34. The predicted molar refractivity (Wildman–Crippen MR) is 106 cm³/mol. The summed E-state index contributed by atoms with van der Waals surface area (Å²) in [6.45, 7) is 5.88. The normalized spacial score (nSPS) is 15.7. The first kappa shape index (κ1) is 20.3. The standard InChI is InChI=1S/C21H22N2O6/c1-4-28-21(25)15-7-5-6-14(10-15)12-22-17-11-16(23(26)27)8-9-18(17)29-19(13(2)3)20(22)24/h5-11,13,19H,4,12H2,1-3H3. The number of benzene rings is 2. The molecule has 0 fully saturated rings. The fourth-order valence-electron chi connectivity index (χ4n) is 3.17. The Morgan fingerprint density at radius 2 is 2.03 bits per heavy atom. The van der Waals surface area contributed by atoms with Gasteiger partial charge in [0.15, 0.2) is 6.10 Å². The van der Waals surface area contributed by atoms with E-state index in [4.69, 9.17) is 9.47 Å². The fraction of sp³-hybridized carbons (Fsp3) is 0.333. The summed E-state index contributed by atoms with van der Waals surface area (Å²) in [7, 11) is 0. The van der Waals surface area contributed by atoms with E-state index in [-0.39, 0.29) is 30.7 Å². The maximum absolute atomic E-state index is 13.1. The van der Waals surface area contributed by atoms with Gasteiger partial charge in [-0.05, 0) is 36.6 Å². The average Bonchev–Trinajstić information content (AvgIpc) is 2.69. The Morgan fingerprint density at radius 3 is 2.69 bits per heavy atom. The van der Waals surface area contributed by atoms with Crippen LogP contribution in [0.5, 0.6) is 5.75 Å². The third-order valence-corrected chi connectivity index (χ3v) is 4.59. The quantitative estimate of drug-likeness (QED) is 0.418. The number of rotatable bonds is 6. The molecule has 0 aliphatic carbocycles. The summed E-state index contributed by atoms with van der Waals surface area (Å²) >= 11 is 0. The van der Waals surface area contributed by atoms with Crippen molar-refractivity contribution in [3.63, 3.8) is 0 Å². The lowest BCUT2D eigenvalue weighted by Crippen LogP contribution is -2.48. The van der Waals surface area contributed by atoms with E-state index in [1.54, 1.807) is 31.2 Å². The second kappa shape index (κ2) is 8.30. The summed E-state index contributed by atoms with van der Waals surface area (Å²) in [4.78, 5) is 37.2. The van der Waals surface area contributed by atoms with Gasteiger partial charge in [-0.1, -0.05) is 26.0 Å². The average molecular weight is 398 g/mol. The van der Waals surface area contributed by atoms with Crippen molar-refractivity contribution in [1.82, 2.24) is 0 Å². The molecule has 0 saturated heterocycles. The zero-order valence-corrected chi connectivity index (χ0v) is 16.5. The number of hydrogen-bond acceptors (Lipinski definition) is 6. The number of nitro benzene ring substituents is 1. The van der Waals surface area contributed by atoms with Gasteiger partial charge in [-0.3, -0.25) is 14.9 Å². The van der Waals surface area contributed by atoms with Crippen LogP contribution >= 0.6 is 0 Å². The van der Waals surface area contributed by atoms with Crippen molar-refractivity contribution in [2.24, 2.45) is 5.92 Å². The van der Waals surface area contributed by atoms with Crippen LogP contribution in [0.2, 0.25) is 0 Å². The molecule has 2 aromatic carbocycles. The molecule has 29 heavy (non-hydrogen) atoms. The molecule has 1 amide bonds. The minimum atomic E-state index is -0.697. The molecule has 0 bridgehead atoms. The summed E-state index contributed by atoms with van der Waals surface area (Å²) in [6, 6.07) is 11.0. The molecule has 1 heterocycles. The van der Waals surface area contributed by atoms with Gasteiger partial charge in [-0.15, -0.1) is 0 Å². The number of carbonyl (C=O) groups excluding carboxylic acids is 2. The molecule has 1 aliphatic rings.